The topological polar surface area (TPSA) is 24.5 Å². The lowest BCUT2D eigenvalue weighted by Gasteiger charge is -2.52. The second-order valence-electron chi connectivity index (χ2n) is 7.60. The highest BCUT2D eigenvalue weighted by Gasteiger charge is 2.41. The maximum Gasteiger partial charge on any atom is 0.0597 e. The minimum atomic E-state index is 0.308. The maximum absolute atomic E-state index is 5.79. The van der Waals surface area contributed by atoms with Crippen LogP contribution in [0.3, 0.4) is 0 Å². The van der Waals surface area contributed by atoms with Crippen LogP contribution in [0, 0.1) is 5.41 Å². The number of hydrogen-bond acceptors (Lipinski definition) is 3. The molecule has 0 radical (unpaired) electrons. The molecule has 3 nitrogen and oxygen atoms in total. The van der Waals surface area contributed by atoms with Crippen molar-refractivity contribution in [2.24, 2.45) is 5.41 Å². The third kappa shape index (κ3) is 4.44. The number of hydrogen-bond donors (Lipinski definition) is 1. The molecule has 20 heavy (non-hydrogen) atoms. The van der Waals surface area contributed by atoms with Gasteiger partial charge in [-0.3, -0.25) is 4.90 Å². The summed E-state index contributed by atoms with van der Waals surface area (Å²) >= 11 is 0. The molecule has 1 aliphatic rings. The molecule has 1 N–H and O–H groups in total. The summed E-state index contributed by atoms with van der Waals surface area (Å²) in [5.41, 5.74) is 0.618. The number of nitrogens with zero attached hydrogens (tertiary/aromatic N) is 1. The molecule has 0 saturated carbocycles. The zero-order valence-corrected chi connectivity index (χ0v) is 14.8. The Kier molecular flexibility index (Phi) is 6.49. The van der Waals surface area contributed by atoms with Gasteiger partial charge in [-0.25, -0.2) is 0 Å². The summed E-state index contributed by atoms with van der Waals surface area (Å²) in [5, 5.41) is 3.80. The van der Waals surface area contributed by atoms with Gasteiger partial charge in [-0.1, -0.05) is 34.6 Å². The highest BCUT2D eigenvalue weighted by molar-refractivity contribution is 5.00. The van der Waals surface area contributed by atoms with Gasteiger partial charge in [-0.05, 0) is 32.1 Å². The van der Waals surface area contributed by atoms with E-state index >= 15 is 0 Å². The van der Waals surface area contributed by atoms with Crippen molar-refractivity contribution in [1.29, 1.82) is 0 Å². The highest BCUT2D eigenvalue weighted by Crippen LogP contribution is 2.31. The van der Waals surface area contributed by atoms with Crippen LogP contribution in [0.15, 0.2) is 0 Å². The fourth-order valence-corrected chi connectivity index (χ4v) is 3.16. The molecule has 1 rings (SSSR count). The smallest absolute Gasteiger partial charge is 0.0597 e. The van der Waals surface area contributed by atoms with Gasteiger partial charge in [0.05, 0.1) is 12.7 Å². The number of rotatable bonds is 6. The van der Waals surface area contributed by atoms with Gasteiger partial charge in [0.15, 0.2) is 0 Å². The van der Waals surface area contributed by atoms with E-state index in [-0.39, 0.29) is 0 Å². The van der Waals surface area contributed by atoms with Crippen LogP contribution >= 0.6 is 0 Å². The number of piperazine rings is 1. The number of nitrogens with one attached hydrogen (secondary N) is 1. The van der Waals surface area contributed by atoms with Gasteiger partial charge in [0, 0.05) is 31.2 Å². The van der Waals surface area contributed by atoms with Crippen LogP contribution in [0.1, 0.15) is 61.3 Å². The molecule has 1 fully saturated rings. The minimum absolute atomic E-state index is 0.308. The first kappa shape index (κ1) is 17.9. The van der Waals surface area contributed by atoms with Gasteiger partial charge in [-0.15, -0.1) is 0 Å². The summed E-state index contributed by atoms with van der Waals surface area (Å²) < 4.78 is 5.79. The Labute approximate surface area is 126 Å². The molecule has 0 spiro atoms. The van der Waals surface area contributed by atoms with Crippen molar-refractivity contribution in [2.75, 3.05) is 26.2 Å². The van der Waals surface area contributed by atoms with Gasteiger partial charge in [0.2, 0.25) is 0 Å². The minimum Gasteiger partial charge on any atom is -0.377 e. The van der Waals surface area contributed by atoms with E-state index in [1.807, 2.05) is 0 Å². The summed E-state index contributed by atoms with van der Waals surface area (Å²) in [6.45, 7) is 20.0. The third-order valence-electron chi connectivity index (χ3n) is 4.93. The fraction of sp³-hybridized carbons (Fsp3) is 1.00. The fourth-order valence-electron chi connectivity index (χ4n) is 3.16. The van der Waals surface area contributed by atoms with E-state index in [0.29, 0.717) is 23.1 Å². The lowest BCUT2D eigenvalue weighted by atomic mass is 9.80. The molecule has 1 heterocycles. The molecular weight excluding hydrogens is 248 g/mol. The van der Waals surface area contributed by atoms with Crippen LogP contribution in [0.25, 0.3) is 0 Å². The van der Waals surface area contributed by atoms with Crippen LogP contribution in [0.4, 0.5) is 0 Å². The summed E-state index contributed by atoms with van der Waals surface area (Å²) in [7, 11) is 0. The first-order valence-corrected chi connectivity index (χ1v) is 8.35. The average molecular weight is 284 g/mol. The SMILES string of the molecule is CCC1(CC)CNC(C(C)(C)C)CN1CCOC(C)C. The molecule has 1 saturated heterocycles. The Morgan fingerprint density at radius 3 is 2.30 bits per heavy atom. The normalized spacial score (nSPS) is 24.3. The van der Waals surface area contributed by atoms with Crippen molar-refractivity contribution >= 4 is 0 Å². The van der Waals surface area contributed by atoms with Crippen molar-refractivity contribution in [3.63, 3.8) is 0 Å². The summed E-state index contributed by atoms with van der Waals surface area (Å²) in [5.74, 6) is 0. The van der Waals surface area contributed by atoms with Gasteiger partial charge in [-0.2, -0.15) is 0 Å². The molecule has 3 heteroatoms. The lowest BCUT2D eigenvalue weighted by molar-refractivity contribution is -0.0216. The van der Waals surface area contributed by atoms with Crippen LogP contribution in [0.5, 0.6) is 0 Å². The zero-order chi connectivity index (χ0) is 15.4. The monoisotopic (exact) mass is 284 g/mol. The van der Waals surface area contributed by atoms with Crippen molar-refractivity contribution < 1.29 is 4.74 Å². The predicted molar refractivity (Wildman–Crippen MR) is 87.2 cm³/mol. The molecule has 0 amide bonds. The molecule has 1 atom stereocenters. The van der Waals surface area contributed by atoms with Crippen LogP contribution in [-0.2, 0) is 4.74 Å². The predicted octanol–water partition coefficient (Wildman–Crippen LogP) is 3.29. The Hall–Kier alpha value is -0.120. The van der Waals surface area contributed by atoms with E-state index < -0.39 is 0 Å². The second-order valence-corrected chi connectivity index (χ2v) is 7.60. The van der Waals surface area contributed by atoms with Crippen molar-refractivity contribution in [1.82, 2.24) is 10.2 Å². The third-order valence-corrected chi connectivity index (χ3v) is 4.93. The van der Waals surface area contributed by atoms with Gasteiger partial charge >= 0.3 is 0 Å². The molecule has 0 aromatic heterocycles. The van der Waals surface area contributed by atoms with E-state index in [1.165, 1.54) is 12.8 Å². The largest absolute Gasteiger partial charge is 0.377 e. The van der Waals surface area contributed by atoms with E-state index in [1.54, 1.807) is 0 Å². The van der Waals surface area contributed by atoms with E-state index in [0.717, 1.165) is 26.2 Å². The van der Waals surface area contributed by atoms with Crippen LogP contribution in [0.2, 0.25) is 0 Å². The quantitative estimate of drug-likeness (QED) is 0.810. The van der Waals surface area contributed by atoms with Crippen molar-refractivity contribution in [3.05, 3.63) is 0 Å². The molecule has 120 valence electrons. The molecule has 0 aromatic carbocycles. The van der Waals surface area contributed by atoms with E-state index in [9.17, 15) is 0 Å². The second kappa shape index (κ2) is 7.24. The molecule has 1 unspecified atom stereocenters. The molecule has 0 aliphatic carbocycles. The van der Waals surface area contributed by atoms with Crippen molar-refractivity contribution in [3.8, 4) is 0 Å². The zero-order valence-electron chi connectivity index (χ0n) is 14.8. The van der Waals surface area contributed by atoms with Gasteiger partial charge in [0.25, 0.3) is 0 Å². The number of ether oxygens (including phenoxy) is 1. The molecule has 0 bridgehead atoms. The Bertz CT molecular complexity index is 279. The first-order valence-electron chi connectivity index (χ1n) is 8.35. The molecule has 0 aromatic rings. The molecular formula is C17H36N2O. The Balaban J connectivity index is 2.73. The first-order chi connectivity index (χ1) is 9.25. The average Bonchev–Trinajstić information content (AvgIpc) is 2.37. The summed E-state index contributed by atoms with van der Waals surface area (Å²) in [4.78, 5) is 2.68. The molecule has 1 aliphatic heterocycles. The summed E-state index contributed by atoms with van der Waals surface area (Å²) in [6.07, 6.45) is 2.73. The van der Waals surface area contributed by atoms with Gasteiger partial charge < -0.3 is 10.1 Å². The van der Waals surface area contributed by atoms with Gasteiger partial charge in [0.1, 0.15) is 0 Å². The maximum atomic E-state index is 5.79. The standard InChI is InChI=1S/C17H36N2O/c1-8-17(9-2)13-18-15(16(5,6)7)12-19(17)10-11-20-14(3)4/h14-15,18H,8-13H2,1-7H3. The van der Waals surface area contributed by atoms with Crippen molar-refractivity contribution in [2.45, 2.75) is 79.0 Å². The Morgan fingerprint density at radius 2 is 1.85 bits per heavy atom. The summed E-state index contributed by atoms with van der Waals surface area (Å²) in [6, 6.07) is 0.563. The van der Waals surface area contributed by atoms with E-state index in [4.69, 9.17) is 4.74 Å². The van der Waals surface area contributed by atoms with Crippen LogP contribution in [-0.4, -0.2) is 48.8 Å². The van der Waals surface area contributed by atoms with E-state index in [2.05, 4.69) is 58.7 Å². The lowest BCUT2D eigenvalue weighted by Crippen LogP contribution is -2.67. The van der Waals surface area contributed by atoms with Crippen LogP contribution < -0.4 is 5.32 Å². The Morgan fingerprint density at radius 1 is 1.25 bits per heavy atom. The highest BCUT2D eigenvalue weighted by atomic mass is 16.5.